The molecule has 0 spiro atoms. The molecule has 0 amide bonds. The number of nitrogens with zero attached hydrogens (tertiary/aromatic N) is 1. The quantitative estimate of drug-likeness (QED) is 0.806. The van der Waals surface area contributed by atoms with Gasteiger partial charge in [-0.05, 0) is 23.3 Å². The Morgan fingerprint density at radius 1 is 1.00 bits per heavy atom. The Hall–Kier alpha value is -1.45. The molecular weight excluding hydrogens is 302 g/mol. The molecule has 0 bridgehead atoms. The molecule has 0 aromatic heterocycles. The van der Waals surface area contributed by atoms with Crippen molar-refractivity contribution in [1.29, 1.82) is 0 Å². The van der Waals surface area contributed by atoms with E-state index in [2.05, 4.69) is 45.1 Å². The first-order valence-corrected chi connectivity index (χ1v) is 7.09. The standard InChI is InChI=1S/C16H14BrNO/c17-15-7-5-12(6-8-15)16(19)11-18-9-13-3-1-2-4-14(13)10-18/h1-8H,9-11H2. The number of carbonyl (C=O) groups excluding carboxylic acids is 1. The van der Waals surface area contributed by atoms with Crippen molar-refractivity contribution < 1.29 is 4.79 Å². The highest BCUT2D eigenvalue weighted by Gasteiger charge is 2.20. The Labute approximate surface area is 121 Å². The van der Waals surface area contributed by atoms with Gasteiger partial charge in [0.05, 0.1) is 6.54 Å². The van der Waals surface area contributed by atoms with E-state index in [0.717, 1.165) is 23.1 Å². The Morgan fingerprint density at radius 2 is 1.58 bits per heavy atom. The van der Waals surface area contributed by atoms with Crippen LogP contribution >= 0.6 is 15.9 Å². The maximum atomic E-state index is 12.2. The molecule has 0 saturated carbocycles. The number of benzene rings is 2. The summed E-state index contributed by atoms with van der Waals surface area (Å²) in [6.07, 6.45) is 0. The highest BCUT2D eigenvalue weighted by molar-refractivity contribution is 9.10. The maximum Gasteiger partial charge on any atom is 0.176 e. The summed E-state index contributed by atoms with van der Waals surface area (Å²) in [7, 11) is 0. The van der Waals surface area contributed by atoms with Gasteiger partial charge >= 0.3 is 0 Å². The Morgan fingerprint density at radius 3 is 2.16 bits per heavy atom. The van der Waals surface area contributed by atoms with E-state index >= 15 is 0 Å². The first-order chi connectivity index (χ1) is 9.22. The molecule has 0 fully saturated rings. The van der Waals surface area contributed by atoms with Crippen molar-refractivity contribution in [3.63, 3.8) is 0 Å². The van der Waals surface area contributed by atoms with Crippen LogP contribution in [-0.2, 0) is 13.1 Å². The average molecular weight is 316 g/mol. The second-order valence-electron chi connectivity index (χ2n) is 4.84. The van der Waals surface area contributed by atoms with Gasteiger partial charge in [0.1, 0.15) is 0 Å². The number of halogens is 1. The van der Waals surface area contributed by atoms with Gasteiger partial charge in [-0.15, -0.1) is 0 Å². The molecule has 3 heteroatoms. The van der Waals surface area contributed by atoms with Crippen LogP contribution in [0.2, 0.25) is 0 Å². The molecule has 19 heavy (non-hydrogen) atoms. The third-order valence-electron chi connectivity index (χ3n) is 3.44. The lowest BCUT2D eigenvalue weighted by molar-refractivity contribution is 0.0929. The minimum Gasteiger partial charge on any atom is -0.293 e. The summed E-state index contributed by atoms with van der Waals surface area (Å²) in [6, 6.07) is 15.9. The summed E-state index contributed by atoms with van der Waals surface area (Å²) in [5.41, 5.74) is 3.45. The molecule has 1 aliphatic rings. The number of Topliss-reactive ketones (excluding diaryl/α,β-unsaturated/α-hetero) is 1. The number of fused-ring (bicyclic) bond motifs is 1. The van der Waals surface area contributed by atoms with Gasteiger partial charge in [0.2, 0.25) is 0 Å². The number of rotatable bonds is 3. The Kier molecular flexibility index (Phi) is 3.49. The van der Waals surface area contributed by atoms with Crippen LogP contribution in [0.15, 0.2) is 53.0 Å². The lowest BCUT2D eigenvalue weighted by Crippen LogP contribution is -2.24. The van der Waals surface area contributed by atoms with Crippen LogP contribution in [0.3, 0.4) is 0 Å². The molecule has 2 aromatic rings. The molecule has 96 valence electrons. The third kappa shape index (κ3) is 2.77. The third-order valence-corrected chi connectivity index (χ3v) is 3.97. The van der Waals surface area contributed by atoms with Crippen molar-refractivity contribution >= 4 is 21.7 Å². The van der Waals surface area contributed by atoms with Crippen LogP contribution in [0, 0.1) is 0 Å². The van der Waals surface area contributed by atoms with Crippen molar-refractivity contribution in [2.24, 2.45) is 0 Å². The molecule has 2 aromatic carbocycles. The van der Waals surface area contributed by atoms with Crippen molar-refractivity contribution in [3.05, 3.63) is 69.7 Å². The monoisotopic (exact) mass is 315 g/mol. The van der Waals surface area contributed by atoms with E-state index in [1.807, 2.05) is 24.3 Å². The zero-order valence-corrected chi connectivity index (χ0v) is 12.1. The van der Waals surface area contributed by atoms with Gasteiger partial charge in [0.15, 0.2) is 5.78 Å². The summed E-state index contributed by atoms with van der Waals surface area (Å²) in [4.78, 5) is 14.4. The lowest BCUT2D eigenvalue weighted by Gasteiger charge is -2.13. The summed E-state index contributed by atoms with van der Waals surface area (Å²) < 4.78 is 0.998. The molecule has 3 rings (SSSR count). The highest BCUT2D eigenvalue weighted by atomic mass is 79.9. The van der Waals surface area contributed by atoms with E-state index in [1.54, 1.807) is 0 Å². The highest BCUT2D eigenvalue weighted by Crippen LogP contribution is 2.22. The number of carbonyl (C=O) groups is 1. The lowest BCUT2D eigenvalue weighted by atomic mass is 10.1. The van der Waals surface area contributed by atoms with Crippen LogP contribution in [0.5, 0.6) is 0 Å². The van der Waals surface area contributed by atoms with Crippen molar-refractivity contribution in [2.75, 3.05) is 6.54 Å². The predicted molar refractivity (Wildman–Crippen MR) is 79.0 cm³/mol. The summed E-state index contributed by atoms with van der Waals surface area (Å²) in [5.74, 6) is 0.181. The summed E-state index contributed by atoms with van der Waals surface area (Å²) in [5, 5.41) is 0. The van der Waals surface area contributed by atoms with Crippen LogP contribution in [0.25, 0.3) is 0 Å². The van der Waals surface area contributed by atoms with Gasteiger partial charge in [-0.25, -0.2) is 0 Å². The second-order valence-corrected chi connectivity index (χ2v) is 5.76. The largest absolute Gasteiger partial charge is 0.293 e. The molecule has 0 N–H and O–H groups in total. The topological polar surface area (TPSA) is 20.3 Å². The van der Waals surface area contributed by atoms with Crippen LogP contribution in [-0.4, -0.2) is 17.2 Å². The molecule has 1 aliphatic heterocycles. The minimum atomic E-state index is 0.181. The first kappa shape index (κ1) is 12.6. The van der Waals surface area contributed by atoms with E-state index in [1.165, 1.54) is 11.1 Å². The Bertz CT molecular complexity index is 581. The average Bonchev–Trinajstić information content (AvgIpc) is 2.81. The minimum absolute atomic E-state index is 0.181. The number of hydrogen-bond acceptors (Lipinski definition) is 2. The van der Waals surface area contributed by atoms with Gasteiger partial charge in [0, 0.05) is 23.1 Å². The normalized spacial score (nSPS) is 14.4. The first-order valence-electron chi connectivity index (χ1n) is 6.30. The van der Waals surface area contributed by atoms with Gasteiger partial charge in [-0.3, -0.25) is 9.69 Å². The zero-order chi connectivity index (χ0) is 13.2. The van der Waals surface area contributed by atoms with E-state index in [0.29, 0.717) is 6.54 Å². The molecular formula is C16H14BrNO. The van der Waals surface area contributed by atoms with Crippen molar-refractivity contribution in [2.45, 2.75) is 13.1 Å². The maximum absolute atomic E-state index is 12.2. The molecule has 0 saturated heterocycles. The van der Waals surface area contributed by atoms with Crippen LogP contribution in [0.4, 0.5) is 0 Å². The molecule has 0 radical (unpaired) electrons. The molecule has 0 aliphatic carbocycles. The smallest absolute Gasteiger partial charge is 0.176 e. The van der Waals surface area contributed by atoms with Crippen molar-refractivity contribution in [3.8, 4) is 0 Å². The SMILES string of the molecule is O=C(CN1Cc2ccccc2C1)c1ccc(Br)cc1. The number of hydrogen-bond donors (Lipinski definition) is 0. The van der Waals surface area contributed by atoms with Gasteiger partial charge < -0.3 is 0 Å². The van der Waals surface area contributed by atoms with Crippen LogP contribution in [0.1, 0.15) is 21.5 Å². The van der Waals surface area contributed by atoms with E-state index in [4.69, 9.17) is 0 Å². The van der Waals surface area contributed by atoms with Crippen molar-refractivity contribution in [1.82, 2.24) is 4.90 Å². The molecule has 1 heterocycles. The molecule has 0 atom stereocenters. The fraction of sp³-hybridized carbons (Fsp3) is 0.188. The predicted octanol–water partition coefficient (Wildman–Crippen LogP) is 3.65. The van der Waals surface area contributed by atoms with Gasteiger partial charge in [0.25, 0.3) is 0 Å². The Balaban J connectivity index is 1.67. The fourth-order valence-electron chi connectivity index (χ4n) is 2.45. The van der Waals surface area contributed by atoms with E-state index in [-0.39, 0.29) is 5.78 Å². The fourth-order valence-corrected chi connectivity index (χ4v) is 2.71. The summed E-state index contributed by atoms with van der Waals surface area (Å²) in [6.45, 7) is 2.23. The van der Waals surface area contributed by atoms with Crippen LogP contribution < -0.4 is 0 Å². The molecule has 2 nitrogen and oxygen atoms in total. The molecule has 0 unspecified atom stereocenters. The van der Waals surface area contributed by atoms with E-state index < -0.39 is 0 Å². The van der Waals surface area contributed by atoms with Gasteiger partial charge in [-0.1, -0.05) is 52.3 Å². The second kappa shape index (κ2) is 5.27. The zero-order valence-electron chi connectivity index (χ0n) is 10.5. The summed E-state index contributed by atoms with van der Waals surface area (Å²) >= 11 is 3.38. The van der Waals surface area contributed by atoms with E-state index in [9.17, 15) is 4.79 Å². The van der Waals surface area contributed by atoms with Gasteiger partial charge in [-0.2, -0.15) is 0 Å². The number of ketones is 1.